The molecule has 0 aliphatic carbocycles. The Morgan fingerprint density at radius 1 is 1.23 bits per heavy atom. The number of nitrogens with one attached hydrogen (secondary N) is 2. The van der Waals surface area contributed by atoms with Gasteiger partial charge in [0.15, 0.2) is 11.5 Å². The van der Waals surface area contributed by atoms with Gasteiger partial charge in [0.05, 0.1) is 14.2 Å². The number of methoxy groups -OCH3 is 2. The Balaban J connectivity index is 0.00000407. The SMILES string of the molecule is C=CCN(CC)C(CC)CNC(=O)c1cc(OC)c(OC)c(S(=O)(=O)NC)c1.CC. The molecule has 0 bridgehead atoms. The van der Waals surface area contributed by atoms with Gasteiger partial charge in [-0.1, -0.05) is 33.8 Å². The first-order valence-electron chi connectivity index (χ1n) is 10.1. The maximum absolute atomic E-state index is 12.7. The van der Waals surface area contributed by atoms with Gasteiger partial charge in [-0.2, -0.15) is 0 Å². The number of ether oxygens (including phenoxy) is 2. The number of hydrogen-bond donors (Lipinski definition) is 2. The van der Waals surface area contributed by atoms with Gasteiger partial charge in [0.2, 0.25) is 10.0 Å². The van der Waals surface area contributed by atoms with Crippen molar-refractivity contribution in [1.82, 2.24) is 14.9 Å². The Bertz CT molecular complexity index is 781. The molecule has 1 aromatic carbocycles. The molecule has 1 atom stereocenters. The molecule has 172 valence electrons. The summed E-state index contributed by atoms with van der Waals surface area (Å²) < 4.78 is 37.3. The molecule has 0 saturated carbocycles. The van der Waals surface area contributed by atoms with Crippen LogP contribution >= 0.6 is 0 Å². The van der Waals surface area contributed by atoms with E-state index in [4.69, 9.17) is 9.47 Å². The van der Waals surface area contributed by atoms with E-state index in [0.29, 0.717) is 6.54 Å². The molecule has 8 nitrogen and oxygen atoms in total. The van der Waals surface area contributed by atoms with E-state index in [1.807, 2.05) is 19.9 Å². The van der Waals surface area contributed by atoms with Crippen LogP contribution in [0.3, 0.4) is 0 Å². The standard InChI is InChI=1S/C19H31N3O5S.C2H6/c1-7-10-22(9-3)15(8-2)13-21-19(23)14-11-16(26-5)18(27-6)17(12-14)28(24,25)20-4;1-2/h7,11-12,15,20H,1,8-10,13H2,2-6H3,(H,21,23);1-2H3. The highest BCUT2D eigenvalue weighted by Crippen LogP contribution is 2.35. The van der Waals surface area contributed by atoms with Gasteiger partial charge in [-0.25, -0.2) is 13.1 Å². The van der Waals surface area contributed by atoms with Crippen molar-refractivity contribution in [2.45, 2.75) is 45.1 Å². The van der Waals surface area contributed by atoms with Gasteiger partial charge < -0.3 is 14.8 Å². The fourth-order valence-corrected chi connectivity index (χ4v) is 3.85. The monoisotopic (exact) mass is 443 g/mol. The molecule has 0 aliphatic heterocycles. The largest absolute Gasteiger partial charge is 0.493 e. The van der Waals surface area contributed by atoms with E-state index in [9.17, 15) is 13.2 Å². The van der Waals surface area contributed by atoms with E-state index in [-0.39, 0.29) is 33.9 Å². The summed E-state index contributed by atoms with van der Waals surface area (Å²) in [6.45, 7) is 13.9. The van der Waals surface area contributed by atoms with Crippen LogP contribution in [0, 0.1) is 0 Å². The van der Waals surface area contributed by atoms with Crippen molar-refractivity contribution in [2.24, 2.45) is 0 Å². The Kier molecular flexibility index (Phi) is 13.0. The highest BCUT2D eigenvalue weighted by atomic mass is 32.2. The quantitative estimate of drug-likeness (QED) is 0.482. The second kappa shape index (κ2) is 14.0. The van der Waals surface area contributed by atoms with Crippen LogP contribution in [0.25, 0.3) is 0 Å². The number of rotatable bonds is 12. The van der Waals surface area contributed by atoms with Crippen molar-refractivity contribution in [3.05, 3.63) is 30.4 Å². The summed E-state index contributed by atoms with van der Waals surface area (Å²) in [6, 6.07) is 2.89. The summed E-state index contributed by atoms with van der Waals surface area (Å²) in [5, 5.41) is 2.88. The Hall–Kier alpha value is -2.10. The van der Waals surface area contributed by atoms with E-state index in [1.54, 1.807) is 0 Å². The molecule has 1 amide bonds. The molecular weight excluding hydrogens is 406 g/mol. The minimum Gasteiger partial charge on any atom is -0.493 e. The molecule has 0 fully saturated rings. The number of likely N-dealkylation sites (N-methyl/N-ethyl adjacent to an activating group) is 1. The second-order valence-electron chi connectivity index (χ2n) is 6.07. The first kappa shape index (κ1) is 27.9. The Morgan fingerprint density at radius 3 is 2.30 bits per heavy atom. The maximum atomic E-state index is 12.7. The van der Waals surface area contributed by atoms with Crippen molar-refractivity contribution in [1.29, 1.82) is 0 Å². The predicted molar refractivity (Wildman–Crippen MR) is 121 cm³/mol. The number of carbonyl (C=O) groups is 1. The highest BCUT2D eigenvalue weighted by molar-refractivity contribution is 7.89. The number of hydrogen-bond acceptors (Lipinski definition) is 6. The van der Waals surface area contributed by atoms with E-state index < -0.39 is 10.0 Å². The summed E-state index contributed by atoms with van der Waals surface area (Å²) >= 11 is 0. The van der Waals surface area contributed by atoms with Gasteiger partial charge in [-0.15, -0.1) is 6.58 Å². The zero-order chi connectivity index (χ0) is 23.3. The molecule has 0 heterocycles. The smallest absolute Gasteiger partial charge is 0.251 e. The fraction of sp³-hybridized carbons (Fsp3) is 0.571. The highest BCUT2D eigenvalue weighted by Gasteiger charge is 2.25. The number of sulfonamides is 1. The zero-order valence-electron chi connectivity index (χ0n) is 19.2. The van der Waals surface area contributed by atoms with Crippen molar-refractivity contribution in [2.75, 3.05) is 40.9 Å². The van der Waals surface area contributed by atoms with Crippen LogP contribution < -0.4 is 19.5 Å². The molecule has 30 heavy (non-hydrogen) atoms. The van der Waals surface area contributed by atoms with Gasteiger partial charge in [0.25, 0.3) is 5.91 Å². The average molecular weight is 444 g/mol. The zero-order valence-corrected chi connectivity index (χ0v) is 20.1. The molecule has 1 unspecified atom stereocenters. The van der Waals surface area contributed by atoms with Crippen LogP contribution in [0.4, 0.5) is 0 Å². The van der Waals surface area contributed by atoms with Crippen molar-refractivity contribution in [3.63, 3.8) is 0 Å². The van der Waals surface area contributed by atoms with E-state index in [2.05, 4.69) is 35.4 Å². The number of carbonyl (C=O) groups excluding carboxylic acids is 1. The van der Waals surface area contributed by atoms with Crippen molar-refractivity contribution in [3.8, 4) is 11.5 Å². The van der Waals surface area contributed by atoms with Crippen molar-refractivity contribution < 1.29 is 22.7 Å². The van der Waals surface area contributed by atoms with E-state index >= 15 is 0 Å². The molecule has 2 N–H and O–H groups in total. The molecule has 0 spiro atoms. The van der Waals surface area contributed by atoms with Crippen molar-refractivity contribution >= 4 is 15.9 Å². The molecule has 9 heteroatoms. The third-order valence-corrected chi connectivity index (χ3v) is 5.94. The predicted octanol–water partition coefficient (Wildman–Crippen LogP) is 2.65. The Labute approximate surface area is 181 Å². The molecule has 0 aliphatic rings. The molecule has 0 aromatic heterocycles. The topological polar surface area (TPSA) is 97.0 Å². The maximum Gasteiger partial charge on any atom is 0.251 e. The van der Waals surface area contributed by atoms with Crippen LogP contribution in [0.2, 0.25) is 0 Å². The minimum atomic E-state index is -3.84. The molecule has 1 aromatic rings. The summed E-state index contributed by atoms with van der Waals surface area (Å²) in [7, 11) is 0.176. The average Bonchev–Trinajstić information content (AvgIpc) is 2.78. The lowest BCUT2D eigenvalue weighted by Crippen LogP contribution is -2.43. The summed E-state index contributed by atoms with van der Waals surface area (Å²) in [5.74, 6) is -0.178. The van der Waals surface area contributed by atoms with Gasteiger partial charge in [0, 0.05) is 24.7 Å². The third kappa shape index (κ3) is 7.30. The van der Waals surface area contributed by atoms with Gasteiger partial charge >= 0.3 is 0 Å². The number of benzene rings is 1. The van der Waals surface area contributed by atoms with Crippen LogP contribution in [0.1, 0.15) is 44.5 Å². The lowest BCUT2D eigenvalue weighted by molar-refractivity contribution is 0.0935. The third-order valence-electron chi connectivity index (χ3n) is 4.52. The minimum absolute atomic E-state index is 0.0444. The van der Waals surface area contributed by atoms with Crippen LogP contribution in [0.15, 0.2) is 29.7 Å². The number of nitrogens with zero attached hydrogens (tertiary/aromatic N) is 1. The van der Waals surface area contributed by atoms with E-state index in [1.165, 1.54) is 33.4 Å². The van der Waals surface area contributed by atoms with Gasteiger partial charge in [0.1, 0.15) is 4.90 Å². The molecule has 1 rings (SSSR count). The first-order valence-corrected chi connectivity index (χ1v) is 11.6. The van der Waals surface area contributed by atoms with Gasteiger partial charge in [-0.05, 0) is 32.1 Å². The molecular formula is C21H37N3O5S. The van der Waals surface area contributed by atoms with Crippen LogP contribution in [-0.4, -0.2) is 66.2 Å². The van der Waals surface area contributed by atoms with Crippen LogP contribution in [-0.2, 0) is 10.0 Å². The molecule has 0 radical (unpaired) electrons. The van der Waals surface area contributed by atoms with Gasteiger partial charge in [-0.3, -0.25) is 9.69 Å². The van der Waals surface area contributed by atoms with E-state index in [0.717, 1.165) is 19.5 Å². The first-order chi connectivity index (χ1) is 14.3. The normalized spacial score (nSPS) is 11.9. The van der Waals surface area contributed by atoms with Crippen LogP contribution in [0.5, 0.6) is 11.5 Å². The number of amides is 1. The summed E-state index contributed by atoms with van der Waals surface area (Å²) in [5.41, 5.74) is 0.174. The summed E-state index contributed by atoms with van der Waals surface area (Å²) in [6.07, 6.45) is 2.69. The Morgan fingerprint density at radius 2 is 1.87 bits per heavy atom. The second-order valence-corrected chi connectivity index (χ2v) is 7.92. The lowest BCUT2D eigenvalue weighted by atomic mass is 10.1. The summed E-state index contributed by atoms with van der Waals surface area (Å²) in [4.78, 5) is 14.8. The fourth-order valence-electron chi connectivity index (χ4n) is 2.92. The lowest BCUT2D eigenvalue weighted by Gasteiger charge is -2.29. The molecule has 0 saturated heterocycles.